The van der Waals surface area contributed by atoms with E-state index >= 15 is 0 Å². The monoisotopic (exact) mass is 250 g/mol. The Morgan fingerprint density at radius 1 is 1.56 bits per heavy atom. The van der Waals surface area contributed by atoms with Crippen LogP contribution in [0.25, 0.3) is 0 Å². The molecule has 0 aliphatic carbocycles. The maximum Gasteiger partial charge on any atom is 0.238 e. The Hall–Kier alpha value is -1.50. The van der Waals surface area contributed by atoms with Crippen molar-refractivity contribution in [1.82, 2.24) is 0 Å². The van der Waals surface area contributed by atoms with Gasteiger partial charge in [0.15, 0.2) is 0 Å². The van der Waals surface area contributed by atoms with Gasteiger partial charge in [0, 0.05) is 6.07 Å². The number of phenols is 1. The van der Waals surface area contributed by atoms with Gasteiger partial charge in [0.05, 0.1) is 18.0 Å². The molecule has 1 aromatic rings. The van der Waals surface area contributed by atoms with Gasteiger partial charge in [-0.05, 0) is 19.1 Å². The van der Waals surface area contributed by atoms with E-state index in [-0.39, 0.29) is 29.3 Å². The molecule has 0 aliphatic heterocycles. The standard InChI is InChI=1S/C9H12N2O3.ClH.H2O/c1-2-14-11(6-12)7-3-4-8(10)9(13)5-7;;/h3-6,13H,2,10H2,1H3;1H;1H2. The van der Waals surface area contributed by atoms with Gasteiger partial charge in [0.2, 0.25) is 6.41 Å². The van der Waals surface area contributed by atoms with Crippen LogP contribution in [0.1, 0.15) is 6.92 Å². The molecule has 5 N–H and O–H groups in total. The van der Waals surface area contributed by atoms with Gasteiger partial charge in [0.25, 0.3) is 0 Å². The van der Waals surface area contributed by atoms with Crippen molar-refractivity contribution < 1.29 is 20.2 Å². The Morgan fingerprint density at radius 2 is 2.19 bits per heavy atom. The van der Waals surface area contributed by atoms with E-state index < -0.39 is 0 Å². The summed E-state index contributed by atoms with van der Waals surface area (Å²) in [5.74, 6) is -0.0750. The maximum absolute atomic E-state index is 10.6. The number of carbonyl (C=O) groups is 1. The highest BCUT2D eigenvalue weighted by molar-refractivity contribution is 5.85. The van der Waals surface area contributed by atoms with Crippen LogP contribution in [-0.2, 0) is 9.63 Å². The summed E-state index contributed by atoms with van der Waals surface area (Å²) in [5.41, 5.74) is 6.11. The lowest BCUT2D eigenvalue weighted by atomic mass is 10.2. The predicted molar refractivity (Wildman–Crippen MR) is 63.6 cm³/mol. The molecular formula is C9H15ClN2O4. The second-order valence-corrected chi connectivity index (χ2v) is 2.59. The summed E-state index contributed by atoms with van der Waals surface area (Å²) in [4.78, 5) is 15.6. The highest BCUT2D eigenvalue weighted by atomic mass is 35.5. The topological polar surface area (TPSA) is 107 Å². The van der Waals surface area contributed by atoms with Gasteiger partial charge < -0.3 is 16.3 Å². The van der Waals surface area contributed by atoms with Crippen LogP contribution in [0.5, 0.6) is 5.75 Å². The van der Waals surface area contributed by atoms with E-state index in [1.165, 1.54) is 12.1 Å². The molecule has 1 amide bonds. The molecule has 7 heteroatoms. The predicted octanol–water partition coefficient (Wildman–Crippen LogP) is 0.486. The number of hydrogen-bond donors (Lipinski definition) is 2. The zero-order valence-corrected chi connectivity index (χ0v) is 9.53. The summed E-state index contributed by atoms with van der Waals surface area (Å²) < 4.78 is 0. The van der Waals surface area contributed by atoms with Crippen LogP contribution in [0.15, 0.2) is 18.2 Å². The fraction of sp³-hybridized carbons (Fsp3) is 0.222. The second-order valence-electron chi connectivity index (χ2n) is 2.59. The molecule has 6 nitrogen and oxygen atoms in total. The second kappa shape index (κ2) is 7.75. The lowest BCUT2D eigenvalue weighted by molar-refractivity contribution is -0.113. The molecule has 0 unspecified atom stereocenters. The fourth-order valence-electron chi connectivity index (χ4n) is 0.974. The number of benzene rings is 1. The minimum absolute atomic E-state index is 0. The lowest BCUT2D eigenvalue weighted by Crippen LogP contribution is -2.21. The number of hydroxylamine groups is 1. The van der Waals surface area contributed by atoms with Crippen molar-refractivity contribution in [2.24, 2.45) is 0 Å². The molecule has 0 radical (unpaired) electrons. The average Bonchev–Trinajstić information content (AvgIpc) is 2.19. The first-order valence-electron chi connectivity index (χ1n) is 4.15. The number of hydrogen-bond acceptors (Lipinski definition) is 4. The van der Waals surface area contributed by atoms with E-state index in [0.717, 1.165) is 5.06 Å². The Balaban J connectivity index is 0. The van der Waals surface area contributed by atoms with Crippen LogP contribution in [-0.4, -0.2) is 23.6 Å². The molecule has 0 saturated carbocycles. The summed E-state index contributed by atoms with van der Waals surface area (Å²) in [6.07, 6.45) is 0.522. The van der Waals surface area contributed by atoms with Gasteiger partial charge in [-0.1, -0.05) is 0 Å². The van der Waals surface area contributed by atoms with E-state index in [1.54, 1.807) is 13.0 Å². The molecule has 0 aliphatic rings. The summed E-state index contributed by atoms with van der Waals surface area (Å²) in [5, 5.41) is 10.3. The number of nitrogen functional groups attached to an aromatic ring is 1. The fourth-order valence-corrected chi connectivity index (χ4v) is 0.974. The molecule has 92 valence electrons. The largest absolute Gasteiger partial charge is 0.506 e. The molecule has 0 fully saturated rings. The van der Waals surface area contributed by atoms with E-state index in [0.29, 0.717) is 18.7 Å². The van der Waals surface area contributed by atoms with Crippen LogP contribution in [0.4, 0.5) is 11.4 Å². The Bertz CT molecular complexity index is 335. The number of anilines is 2. The van der Waals surface area contributed by atoms with Gasteiger partial charge >= 0.3 is 0 Å². The zero-order chi connectivity index (χ0) is 10.6. The number of rotatable bonds is 4. The van der Waals surface area contributed by atoms with Crippen LogP contribution in [0.3, 0.4) is 0 Å². The number of nitrogens with zero attached hydrogens (tertiary/aromatic N) is 1. The number of amides is 1. The summed E-state index contributed by atoms with van der Waals surface area (Å²) in [6.45, 7) is 2.12. The first kappa shape index (κ1) is 16.9. The van der Waals surface area contributed by atoms with Gasteiger partial charge in [-0.2, -0.15) is 5.06 Å². The molecule has 0 saturated heterocycles. The van der Waals surface area contributed by atoms with Gasteiger partial charge in [-0.25, -0.2) is 0 Å². The van der Waals surface area contributed by atoms with Crippen molar-refractivity contribution in [3.05, 3.63) is 18.2 Å². The number of halogens is 1. The van der Waals surface area contributed by atoms with Crippen molar-refractivity contribution in [2.75, 3.05) is 17.4 Å². The smallest absolute Gasteiger partial charge is 0.238 e. The average molecular weight is 251 g/mol. The number of aromatic hydroxyl groups is 1. The first-order valence-corrected chi connectivity index (χ1v) is 4.15. The van der Waals surface area contributed by atoms with E-state index in [1.807, 2.05) is 0 Å². The van der Waals surface area contributed by atoms with Crippen molar-refractivity contribution in [1.29, 1.82) is 0 Å². The quantitative estimate of drug-likeness (QED) is 0.351. The molecule has 1 rings (SSSR count). The number of phenolic OH excluding ortho intramolecular Hbond substituents is 1. The minimum Gasteiger partial charge on any atom is -0.506 e. The SMILES string of the molecule is CCON(C=O)c1ccc(N)c(O)c1.Cl.O. The molecule has 0 spiro atoms. The van der Waals surface area contributed by atoms with Gasteiger partial charge in [0.1, 0.15) is 5.75 Å². The highest BCUT2D eigenvalue weighted by Crippen LogP contribution is 2.25. The normalized spacial score (nSPS) is 8.56. The van der Waals surface area contributed by atoms with Crippen LogP contribution >= 0.6 is 12.4 Å². The van der Waals surface area contributed by atoms with E-state index in [4.69, 9.17) is 10.6 Å². The van der Waals surface area contributed by atoms with Crippen molar-refractivity contribution in [3.8, 4) is 5.75 Å². The van der Waals surface area contributed by atoms with E-state index in [2.05, 4.69) is 0 Å². The highest BCUT2D eigenvalue weighted by Gasteiger charge is 2.06. The van der Waals surface area contributed by atoms with Crippen LogP contribution in [0, 0.1) is 0 Å². The molecule has 16 heavy (non-hydrogen) atoms. The molecule has 1 aromatic carbocycles. The molecular weight excluding hydrogens is 236 g/mol. The Labute approximate surface area is 99.3 Å². The third kappa shape index (κ3) is 3.93. The Morgan fingerprint density at radius 3 is 2.62 bits per heavy atom. The number of carbonyl (C=O) groups excluding carboxylic acids is 1. The van der Waals surface area contributed by atoms with Crippen LogP contribution in [0.2, 0.25) is 0 Å². The summed E-state index contributed by atoms with van der Waals surface area (Å²) in [6, 6.07) is 4.44. The molecule has 0 heterocycles. The zero-order valence-electron chi connectivity index (χ0n) is 8.71. The molecule has 0 atom stereocenters. The first-order chi connectivity index (χ1) is 6.69. The van der Waals surface area contributed by atoms with Gasteiger partial charge in [-0.3, -0.25) is 9.63 Å². The summed E-state index contributed by atoms with van der Waals surface area (Å²) in [7, 11) is 0. The molecule has 0 bridgehead atoms. The third-order valence-electron chi connectivity index (χ3n) is 1.63. The lowest BCUT2D eigenvalue weighted by Gasteiger charge is -2.15. The third-order valence-corrected chi connectivity index (χ3v) is 1.63. The van der Waals surface area contributed by atoms with Crippen LogP contribution < -0.4 is 10.8 Å². The van der Waals surface area contributed by atoms with E-state index in [9.17, 15) is 9.90 Å². The molecule has 0 aromatic heterocycles. The van der Waals surface area contributed by atoms with Crippen molar-refractivity contribution >= 4 is 30.2 Å². The van der Waals surface area contributed by atoms with Crippen molar-refractivity contribution in [3.63, 3.8) is 0 Å². The minimum atomic E-state index is -0.0750. The Kier molecular flexibility index (Phi) is 8.19. The van der Waals surface area contributed by atoms with Crippen molar-refractivity contribution in [2.45, 2.75) is 6.92 Å². The maximum atomic E-state index is 10.6. The van der Waals surface area contributed by atoms with Gasteiger partial charge in [-0.15, -0.1) is 12.4 Å². The number of nitrogens with two attached hydrogens (primary N) is 1. The summed E-state index contributed by atoms with van der Waals surface area (Å²) >= 11 is 0.